The SMILES string of the molecule is Nc1cccnc1N1CCC=C(Cl)C1. The zero-order chi connectivity index (χ0) is 9.97. The molecule has 1 aromatic heterocycles. The fourth-order valence-electron chi connectivity index (χ4n) is 1.56. The molecule has 0 atom stereocenters. The highest BCUT2D eigenvalue weighted by atomic mass is 35.5. The molecule has 1 aliphatic rings. The molecule has 1 aromatic rings. The number of aromatic nitrogens is 1. The highest BCUT2D eigenvalue weighted by Gasteiger charge is 2.14. The molecule has 3 nitrogen and oxygen atoms in total. The van der Waals surface area contributed by atoms with Crippen LogP contribution in [0.2, 0.25) is 0 Å². The van der Waals surface area contributed by atoms with E-state index in [0.717, 1.165) is 23.8 Å². The van der Waals surface area contributed by atoms with Gasteiger partial charge in [-0.05, 0) is 18.6 Å². The van der Waals surface area contributed by atoms with E-state index >= 15 is 0 Å². The van der Waals surface area contributed by atoms with Crippen molar-refractivity contribution in [2.24, 2.45) is 0 Å². The van der Waals surface area contributed by atoms with E-state index in [1.807, 2.05) is 18.2 Å². The van der Waals surface area contributed by atoms with Crippen molar-refractivity contribution in [1.82, 2.24) is 4.98 Å². The number of halogens is 1. The van der Waals surface area contributed by atoms with E-state index < -0.39 is 0 Å². The van der Waals surface area contributed by atoms with Crippen LogP contribution < -0.4 is 10.6 Å². The van der Waals surface area contributed by atoms with Crippen LogP contribution in [0, 0.1) is 0 Å². The van der Waals surface area contributed by atoms with E-state index in [2.05, 4.69) is 9.88 Å². The first-order chi connectivity index (χ1) is 6.77. The molecular formula is C10H12ClN3. The van der Waals surface area contributed by atoms with Crippen LogP contribution in [0.25, 0.3) is 0 Å². The van der Waals surface area contributed by atoms with Crippen LogP contribution in [-0.4, -0.2) is 18.1 Å². The van der Waals surface area contributed by atoms with Gasteiger partial charge in [-0.15, -0.1) is 0 Å². The van der Waals surface area contributed by atoms with Gasteiger partial charge in [0.1, 0.15) is 0 Å². The molecule has 0 fully saturated rings. The summed E-state index contributed by atoms with van der Waals surface area (Å²) in [5, 5.41) is 0.862. The van der Waals surface area contributed by atoms with Crippen molar-refractivity contribution in [2.45, 2.75) is 6.42 Å². The maximum absolute atomic E-state index is 5.96. The molecule has 0 saturated heterocycles. The molecule has 0 spiro atoms. The van der Waals surface area contributed by atoms with Gasteiger partial charge in [0.2, 0.25) is 0 Å². The van der Waals surface area contributed by atoms with Gasteiger partial charge in [0.15, 0.2) is 5.82 Å². The Balaban J connectivity index is 2.24. The van der Waals surface area contributed by atoms with Gasteiger partial charge in [-0.3, -0.25) is 0 Å². The van der Waals surface area contributed by atoms with Crippen LogP contribution in [0.15, 0.2) is 29.4 Å². The van der Waals surface area contributed by atoms with Gasteiger partial charge in [0, 0.05) is 17.8 Å². The van der Waals surface area contributed by atoms with E-state index in [1.54, 1.807) is 6.20 Å². The van der Waals surface area contributed by atoms with Crippen molar-refractivity contribution < 1.29 is 0 Å². The predicted octanol–water partition coefficient (Wildman–Crippen LogP) is 2.00. The molecule has 0 aliphatic carbocycles. The number of anilines is 2. The molecule has 2 rings (SSSR count). The van der Waals surface area contributed by atoms with Gasteiger partial charge < -0.3 is 10.6 Å². The van der Waals surface area contributed by atoms with E-state index in [4.69, 9.17) is 17.3 Å². The van der Waals surface area contributed by atoms with Gasteiger partial charge >= 0.3 is 0 Å². The Morgan fingerprint density at radius 1 is 1.50 bits per heavy atom. The Hall–Kier alpha value is -1.22. The highest BCUT2D eigenvalue weighted by molar-refractivity contribution is 6.30. The number of nitrogens with zero attached hydrogens (tertiary/aromatic N) is 2. The lowest BCUT2D eigenvalue weighted by Crippen LogP contribution is -2.30. The standard InChI is InChI=1S/C10H12ClN3/c11-8-3-2-6-14(7-8)10-9(12)4-1-5-13-10/h1,3-5H,2,6-7,12H2. The van der Waals surface area contributed by atoms with Crippen molar-refractivity contribution in [3.05, 3.63) is 29.4 Å². The fourth-order valence-corrected chi connectivity index (χ4v) is 1.81. The Morgan fingerprint density at radius 3 is 3.07 bits per heavy atom. The monoisotopic (exact) mass is 209 g/mol. The molecular weight excluding hydrogens is 198 g/mol. The van der Waals surface area contributed by atoms with E-state index in [0.29, 0.717) is 12.2 Å². The van der Waals surface area contributed by atoms with Crippen LogP contribution in [0.5, 0.6) is 0 Å². The van der Waals surface area contributed by atoms with Crippen LogP contribution in [-0.2, 0) is 0 Å². The van der Waals surface area contributed by atoms with E-state index in [-0.39, 0.29) is 0 Å². The molecule has 4 heteroatoms. The summed E-state index contributed by atoms with van der Waals surface area (Å²) >= 11 is 5.96. The minimum absolute atomic E-state index is 0.707. The summed E-state index contributed by atoms with van der Waals surface area (Å²) in [6.07, 6.45) is 4.74. The smallest absolute Gasteiger partial charge is 0.152 e. The zero-order valence-electron chi connectivity index (χ0n) is 7.78. The summed E-state index contributed by atoms with van der Waals surface area (Å²) in [5.41, 5.74) is 6.54. The second-order valence-electron chi connectivity index (χ2n) is 3.28. The molecule has 0 radical (unpaired) electrons. The second kappa shape index (κ2) is 3.88. The average molecular weight is 210 g/mol. The molecule has 0 saturated carbocycles. The molecule has 1 aliphatic heterocycles. The molecule has 14 heavy (non-hydrogen) atoms. The van der Waals surface area contributed by atoms with Gasteiger partial charge in [-0.1, -0.05) is 17.7 Å². The minimum Gasteiger partial charge on any atom is -0.396 e. The van der Waals surface area contributed by atoms with Gasteiger partial charge in [-0.25, -0.2) is 4.98 Å². The number of nitrogen functional groups attached to an aromatic ring is 1. The Morgan fingerprint density at radius 2 is 2.36 bits per heavy atom. The summed E-state index contributed by atoms with van der Waals surface area (Å²) in [7, 11) is 0. The van der Waals surface area contributed by atoms with E-state index in [1.165, 1.54) is 0 Å². The first kappa shape index (κ1) is 9.34. The van der Waals surface area contributed by atoms with Crippen LogP contribution >= 0.6 is 11.6 Å². The maximum atomic E-state index is 5.96. The van der Waals surface area contributed by atoms with Crippen molar-refractivity contribution in [2.75, 3.05) is 23.7 Å². The van der Waals surface area contributed by atoms with Crippen molar-refractivity contribution >= 4 is 23.1 Å². The number of pyridine rings is 1. The lowest BCUT2D eigenvalue weighted by Gasteiger charge is -2.27. The third-order valence-electron chi connectivity index (χ3n) is 2.22. The number of hydrogen-bond donors (Lipinski definition) is 1. The maximum Gasteiger partial charge on any atom is 0.152 e. The lowest BCUT2D eigenvalue weighted by atomic mass is 10.2. The first-order valence-corrected chi connectivity index (χ1v) is 4.95. The Bertz CT molecular complexity index is 362. The van der Waals surface area contributed by atoms with Crippen molar-refractivity contribution in [3.8, 4) is 0 Å². The zero-order valence-corrected chi connectivity index (χ0v) is 8.54. The second-order valence-corrected chi connectivity index (χ2v) is 3.76. The van der Waals surface area contributed by atoms with Crippen LogP contribution in [0.1, 0.15) is 6.42 Å². The summed E-state index contributed by atoms with van der Waals surface area (Å²) in [5.74, 6) is 0.832. The van der Waals surface area contributed by atoms with Crippen LogP contribution in [0.4, 0.5) is 11.5 Å². The molecule has 2 heterocycles. The first-order valence-electron chi connectivity index (χ1n) is 4.57. The summed E-state index contributed by atoms with van der Waals surface area (Å²) in [6, 6.07) is 3.69. The number of nitrogens with two attached hydrogens (primary N) is 1. The third kappa shape index (κ3) is 1.82. The predicted molar refractivity (Wildman–Crippen MR) is 59.4 cm³/mol. The summed E-state index contributed by atoms with van der Waals surface area (Å²) in [4.78, 5) is 6.35. The Kier molecular flexibility index (Phi) is 2.59. The van der Waals surface area contributed by atoms with Crippen molar-refractivity contribution in [1.29, 1.82) is 0 Å². The normalized spacial score (nSPS) is 16.6. The fraction of sp³-hybridized carbons (Fsp3) is 0.300. The molecule has 0 bridgehead atoms. The average Bonchev–Trinajstić information content (AvgIpc) is 2.18. The van der Waals surface area contributed by atoms with E-state index in [9.17, 15) is 0 Å². The van der Waals surface area contributed by atoms with Crippen LogP contribution in [0.3, 0.4) is 0 Å². The van der Waals surface area contributed by atoms with Crippen molar-refractivity contribution in [3.63, 3.8) is 0 Å². The summed E-state index contributed by atoms with van der Waals surface area (Å²) < 4.78 is 0. The minimum atomic E-state index is 0.707. The topological polar surface area (TPSA) is 42.1 Å². The largest absolute Gasteiger partial charge is 0.396 e. The van der Waals surface area contributed by atoms with Gasteiger partial charge in [0.25, 0.3) is 0 Å². The molecule has 74 valence electrons. The number of rotatable bonds is 1. The van der Waals surface area contributed by atoms with Gasteiger partial charge in [0.05, 0.1) is 12.2 Å². The molecule has 0 aromatic carbocycles. The molecule has 0 unspecified atom stereocenters. The number of hydrogen-bond acceptors (Lipinski definition) is 3. The molecule has 2 N–H and O–H groups in total. The quantitative estimate of drug-likeness (QED) is 0.769. The third-order valence-corrected chi connectivity index (χ3v) is 2.50. The lowest BCUT2D eigenvalue weighted by molar-refractivity contribution is 0.799. The summed E-state index contributed by atoms with van der Waals surface area (Å²) in [6.45, 7) is 1.64. The Labute approximate surface area is 88.2 Å². The van der Waals surface area contributed by atoms with Gasteiger partial charge in [-0.2, -0.15) is 0 Å². The highest BCUT2D eigenvalue weighted by Crippen LogP contribution is 2.23. The molecule has 0 amide bonds.